The summed E-state index contributed by atoms with van der Waals surface area (Å²) in [6.45, 7) is 2.63. The number of carboxylic acid groups (broad SMARTS) is 1. The van der Waals surface area contributed by atoms with Gasteiger partial charge in [0.05, 0.1) is 6.10 Å². The fourth-order valence-corrected chi connectivity index (χ4v) is 3.17. The standard InChI is InChI=1S/C11H18FNO3/c1-7-6-11(9(14)8(7)12)2-4-13(5-3-11)10(15)16/h7-9,14H,2-6H2,1H3,(H,15,16)/t7-,8+,9+/m1/s1. The number of aliphatic hydroxyl groups is 1. The number of rotatable bonds is 0. The molecule has 0 aromatic heterocycles. The van der Waals surface area contributed by atoms with Crippen molar-refractivity contribution in [2.24, 2.45) is 11.3 Å². The molecule has 1 aliphatic heterocycles. The van der Waals surface area contributed by atoms with Crippen molar-refractivity contribution >= 4 is 6.09 Å². The summed E-state index contributed by atoms with van der Waals surface area (Å²) < 4.78 is 13.6. The molecule has 2 N–H and O–H groups in total. The first kappa shape index (κ1) is 11.6. The van der Waals surface area contributed by atoms with Gasteiger partial charge in [-0.05, 0) is 25.2 Å². The predicted molar refractivity (Wildman–Crippen MR) is 55.9 cm³/mol. The Morgan fingerprint density at radius 2 is 2.00 bits per heavy atom. The van der Waals surface area contributed by atoms with Crippen LogP contribution < -0.4 is 0 Å². The number of hydrogen-bond donors (Lipinski definition) is 2. The van der Waals surface area contributed by atoms with Gasteiger partial charge in [0.2, 0.25) is 0 Å². The first-order valence-corrected chi connectivity index (χ1v) is 5.76. The number of hydrogen-bond acceptors (Lipinski definition) is 2. The van der Waals surface area contributed by atoms with Crippen LogP contribution in [0.2, 0.25) is 0 Å². The van der Waals surface area contributed by atoms with Gasteiger partial charge >= 0.3 is 6.09 Å². The molecule has 16 heavy (non-hydrogen) atoms. The van der Waals surface area contributed by atoms with E-state index in [-0.39, 0.29) is 11.3 Å². The summed E-state index contributed by atoms with van der Waals surface area (Å²) in [4.78, 5) is 12.1. The molecule has 1 saturated heterocycles. The molecule has 0 radical (unpaired) electrons. The van der Waals surface area contributed by atoms with Crippen LogP contribution in [0.4, 0.5) is 9.18 Å². The van der Waals surface area contributed by atoms with Gasteiger partial charge in [-0.25, -0.2) is 9.18 Å². The van der Waals surface area contributed by atoms with E-state index in [9.17, 15) is 14.3 Å². The van der Waals surface area contributed by atoms with Crippen LogP contribution in [0.1, 0.15) is 26.2 Å². The van der Waals surface area contributed by atoms with Crippen LogP contribution in [0.15, 0.2) is 0 Å². The van der Waals surface area contributed by atoms with Crippen molar-refractivity contribution in [2.45, 2.75) is 38.5 Å². The summed E-state index contributed by atoms with van der Waals surface area (Å²) in [6.07, 6.45) is -1.18. The minimum absolute atomic E-state index is 0.119. The van der Waals surface area contributed by atoms with Gasteiger partial charge in [-0.15, -0.1) is 0 Å². The topological polar surface area (TPSA) is 60.8 Å². The van der Waals surface area contributed by atoms with E-state index in [1.165, 1.54) is 4.90 Å². The Kier molecular flexibility index (Phi) is 2.82. The largest absolute Gasteiger partial charge is 0.465 e. The van der Waals surface area contributed by atoms with Crippen LogP contribution in [0.3, 0.4) is 0 Å². The van der Waals surface area contributed by atoms with Crippen LogP contribution >= 0.6 is 0 Å². The zero-order valence-electron chi connectivity index (χ0n) is 9.40. The van der Waals surface area contributed by atoms with Crippen molar-refractivity contribution in [1.29, 1.82) is 0 Å². The van der Waals surface area contributed by atoms with E-state index < -0.39 is 18.4 Å². The zero-order chi connectivity index (χ0) is 11.9. The predicted octanol–water partition coefficient (Wildman–Crippen LogP) is 1.49. The molecule has 5 heteroatoms. The van der Waals surface area contributed by atoms with Crippen molar-refractivity contribution in [2.75, 3.05) is 13.1 Å². The number of amides is 1. The number of likely N-dealkylation sites (tertiary alicyclic amines) is 1. The van der Waals surface area contributed by atoms with Gasteiger partial charge in [-0.2, -0.15) is 0 Å². The summed E-state index contributed by atoms with van der Waals surface area (Å²) in [5.41, 5.74) is -0.384. The zero-order valence-corrected chi connectivity index (χ0v) is 9.40. The summed E-state index contributed by atoms with van der Waals surface area (Å²) in [5.74, 6) is -0.119. The fraction of sp³-hybridized carbons (Fsp3) is 0.909. The Labute approximate surface area is 94.1 Å². The molecule has 0 bridgehead atoms. The molecule has 2 rings (SSSR count). The molecule has 0 aromatic carbocycles. The monoisotopic (exact) mass is 231 g/mol. The minimum Gasteiger partial charge on any atom is -0.465 e. The van der Waals surface area contributed by atoms with Gasteiger partial charge < -0.3 is 15.1 Å². The molecule has 0 aromatic rings. The smallest absolute Gasteiger partial charge is 0.407 e. The van der Waals surface area contributed by atoms with Crippen molar-refractivity contribution in [3.05, 3.63) is 0 Å². The highest BCUT2D eigenvalue weighted by Gasteiger charge is 2.53. The molecule has 2 fully saturated rings. The summed E-state index contributed by atoms with van der Waals surface area (Å²) >= 11 is 0. The Bertz CT molecular complexity index is 289. The average Bonchev–Trinajstić information content (AvgIpc) is 2.45. The molecule has 3 atom stereocenters. The van der Waals surface area contributed by atoms with Crippen LogP contribution in [-0.4, -0.2) is 46.6 Å². The second kappa shape index (κ2) is 3.87. The Morgan fingerprint density at radius 3 is 2.38 bits per heavy atom. The maximum absolute atomic E-state index is 13.6. The van der Waals surface area contributed by atoms with E-state index in [1.54, 1.807) is 0 Å². The summed E-state index contributed by atoms with van der Waals surface area (Å²) in [7, 11) is 0. The van der Waals surface area contributed by atoms with Gasteiger partial charge in [0.25, 0.3) is 0 Å². The van der Waals surface area contributed by atoms with Crippen molar-refractivity contribution in [1.82, 2.24) is 4.90 Å². The molecular weight excluding hydrogens is 213 g/mol. The lowest BCUT2D eigenvalue weighted by Gasteiger charge is -2.40. The first-order chi connectivity index (χ1) is 7.46. The molecule has 1 heterocycles. The van der Waals surface area contributed by atoms with Gasteiger partial charge in [-0.3, -0.25) is 0 Å². The lowest BCUT2D eigenvalue weighted by atomic mass is 9.75. The lowest BCUT2D eigenvalue weighted by Crippen LogP contribution is -2.46. The Morgan fingerprint density at radius 1 is 1.44 bits per heavy atom. The average molecular weight is 231 g/mol. The second-order valence-corrected chi connectivity index (χ2v) is 5.20. The third kappa shape index (κ3) is 1.67. The number of nitrogens with zero attached hydrogens (tertiary/aromatic N) is 1. The van der Waals surface area contributed by atoms with Crippen LogP contribution in [0.5, 0.6) is 0 Å². The van der Waals surface area contributed by atoms with Gasteiger partial charge in [0.15, 0.2) is 0 Å². The summed E-state index contributed by atoms with van der Waals surface area (Å²) in [6, 6.07) is 0. The molecule has 4 nitrogen and oxygen atoms in total. The fourth-order valence-electron chi connectivity index (χ4n) is 3.17. The summed E-state index contributed by atoms with van der Waals surface area (Å²) in [5, 5.41) is 18.8. The molecule has 1 saturated carbocycles. The number of aliphatic hydroxyl groups excluding tert-OH is 1. The number of alkyl halides is 1. The first-order valence-electron chi connectivity index (χ1n) is 5.76. The van der Waals surface area contributed by atoms with E-state index in [0.717, 1.165) is 0 Å². The van der Waals surface area contributed by atoms with E-state index >= 15 is 0 Å². The molecule has 2 aliphatic rings. The van der Waals surface area contributed by atoms with Crippen LogP contribution in [-0.2, 0) is 0 Å². The van der Waals surface area contributed by atoms with Crippen LogP contribution in [0.25, 0.3) is 0 Å². The third-order valence-corrected chi connectivity index (χ3v) is 4.23. The molecule has 1 spiro atoms. The highest BCUT2D eigenvalue weighted by molar-refractivity contribution is 5.65. The quantitative estimate of drug-likeness (QED) is 0.664. The van der Waals surface area contributed by atoms with Gasteiger partial charge in [-0.1, -0.05) is 6.92 Å². The molecule has 1 amide bonds. The van der Waals surface area contributed by atoms with Crippen molar-refractivity contribution < 1.29 is 19.4 Å². The normalized spacial score (nSPS) is 37.9. The second-order valence-electron chi connectivity index (χ2n) is 5.20. The highest BCUT2D eigenvalue weighted by Crippen LogP contribution is 2.50. The van der Waals surface area contributed by atoms with Crippen molar-refractivity contribution in [3.8, 4) is 0 Å². The molecule has 1 aliphatic carbocycles. The van der Waals surface area contributed by atoms with E-state index in [4.69, 9.17) is 5.11 Å². The maximum atomic E-state index is 13.6. The third-order valence-electron chi connectivity index (χ3n) is 4.23. The number of piperidine rings is 1. The highest BCUT2D eigenvalue weighted by atomic mass is 19.1. The lowest BCUT2D eigenvalue weighted by molar-refractivity contribution is -0.0247. The molecule has 0 unspecified atom stereocenters. The SMILES string of the molecule is C[C@@H]1CC2(CCN(C(=O)O)CC2)[C@@H](O)[C@H]1F. The number of carbonyl (C=O) groups is 1. The minimum atomic E-state index is -1.16. The number of halogens is 1. The Hall–Kier alpha value is -0.840. The van der Waals surface area contributed by atoms with E-state index in [1.807, 2.05) is 6.92 Å². The molecular formula is C11H18FNO3. The van der Waals surface area contributed by atoms with Gasteiger partial charge in [0, 0.05) is 18.5 Å². The molecule has 92 valence electrons. The van der Waals surface area contributed by atoms with Crippen LogP contribution in [0, 0.1) is 11.3 Å². The van der Waals surface area contributed by atoms with Gasteiger partial charge in [0.1, 0.15) is 6.17 Å². The Balaban J connectivity index is 2.05. The van der Waals surface area contributed by atoms with E-state index in [2.05, 4.69) is 0 Å². The van der Waals surface area contributed by atoms with Crippen molar-refractivity contribution in [3.63, 3.8) is 0 Å². The van der Waals surface area contributed by atoms with E-state index in [0.29, 0.717) is 32.4 Å². The maximum Gasteiger partial charge on any atom is 0.407 e.